The van der Waals surface area contributed by atoms with Gasteiger partial charge < -0.3 is 30.0 Å². The number of amides is 2. The lowest BCUT2D eigenvalue weighted by Gasteiger charge is -2.29. The van der Waals surface area contributed by atoms with E-state index in [1.165, 1.54) is 0 Å². The van der Waals surface area contributed by atoms with Crippen molar-refractivity contribution in [2.24, 2.45) is 0 Å². The van der Waals surface area contributed by atoms with Crippen LogP contribution in [0.1, 0.15) is 82.6 Å². The van der Waals surface area contributed by atoms with E-state index in [-0.39, 0.29) is 6.61 Å². The molecule has 4 aromatic rings. The van der Waals surface area contributed by atoms with Gasteiger partial charge in [-0.05, 0) is 95.0 Å². The summed E-state index contributed by atoms with van der Waals surface area (Å²) < 4.78 is 17.6. The van der Waals surface area contributed by atoms with Crippen molar-refractivity contribution in [1.82, 2.24) is 10.6 Å². The third kappa shape index (κ3) is 14.3. The number of carboxylic acids is 1. The van der Waals surface area contributed by atoms with E-state index in [0.717, 1.165) is 31.2 Å². The van der Waals surface area contributed by atoms with Gasteiger partial charge in [0.2, 0.25) is 0 Å². The van der Waals surface area contributed by atoms with E-state index in [0.29, 0.717) is 0 Å². The molecule has 0 aliphatic carbocycles. The number of ether oxygens (including phenoxy) is 3. The van der Waals surface area contributed by atoms with Crippen LogP contribution in [-0.2, 0) is 23.8 Å². The first-order valence-corrected chi connectivity index (χ1v) is 19.0. The number of carboxylic acid groups (broad SMARTS) is 1. The summed E-state index contributed by atoms with van der Waals surface area (Å²) >= 11 is 6.90. The summed E-state index contributed by atoms with van der Waals surface area (Å²) in [6.45, 7) is 12.4. The second kappa shape index (κ2) is 20.1. The van der Waals surface area contributed by atoms with Crippen LogP contribution in [0.5, 0.6) is 0 Å². The summed E-state index contributed by atoms with van der Waals surface area (Å²) in [6.07, 6.45) is -1.43. The maximum atomic E-state index is 12.8. The molecule has 4 aromatic carbocycles. The molecule has 0 saturated carbocycles. The minimum atomic E-state index is -1.18. The van der Waals surface area contributed by atoms with E-state index in [4.69, 9.17) is 14.2 Å². The van der Waals surface area contributed by atoms with Gasteiger partial charge >= 0.3 is 24.1 Å². The molecule has 4 unspecified atom stereocenters. The molecule has 3 N–H and O–H groups in total. The fraction of sp³-hybridized carbons (Fsp3) is 0.333. The third-order valence-electron chi connectivity index (χ3n) is 7.55. The Morgan fingerprint density at radius 1 is 0.593 bits per heavy atom. The van der Waals surface area contributed by atoms with E-state index < -0.39 is 59.2 Å². The van der Waals surface area contributed by atoms with Crippen LogP contribution < -0.4 is 10.6 Å². The molecule has 4 atom stereocenters. The molecule has 0 spiro atoms. The van der Waals surface area contributed by atoms with Gasteiger partial charge in [0, 0.05) is 20.8 Å². The average molecular weight is 869 g/mol. The number of carbonyl (C=O) groups excluding carboxylic acids is 3. The number of alkyl carbamates (subject to hydrolysis) is 2. The van der Waals surface area contributed by atoms with Crippen molar-refractivity contribution >= 4 is 56.0 Å². The summed E-state index contributed by atoms with van der Waals surface area (Å²) in [4.78, 5) is 49.5. The van der Waals surface area contributed by atoms with Crippen LogP contribution in [0, 0.1) is 0 Å². The van der Waals surface area contributed by atoms with Crippen LogP contribution in [0.25, 0.3) is 0 Å². The van der Waals surface area contributed by atoms with Gasteiger partial charge in [-0.15, -0.1) is 0 Å². The van der Waals surface area contributed by atoms with E-state index in [1.807, 2.05) is 109 Å². The van der Waals surface area contributed by atoms with Crippen LogP contribution in [0.4, 0.5) is 9.59 Å². The van der Waals surface area contributed by atoms with Gasteiger partial charge in [0.05, 0.1) is 6.61 Å². The number of aliphatic carboxylic acids is 1. The molecular formula is C42H48Br2N2O8. The van der Waals surface area contributed by atoms with Crippen molar-refractivity contribution in [1.29, 1.82) is 0 Å². The summed E-state index contributed by atoms with van der Waals surface area (Å²) in [7, 11) is 0. The molecule has 0 fully saturated rings. The highest BCUT2D eigenvalue weighted by atomic mass is 79.9. The molecule has 12 heteroatoms. The Kier molecular flexibility index (Phi) is 16.3. The standard InChI is InChI=1S/C22H26BrNO4.C20H22BrNO4/c1-5-27-20(25)19(24-21(26)28-22(2,3)4)18(15-10-7-6-8-11-15)16-12-9-13-17(23)14-16;1-20(2,3)26-19(25)22-17(18(23)24)16(13-8-5-4-6-9-13)14-10-7-11-15(21)12-14/h6-14,18-19H,5H2,1-4H3,(H,24,26);4-12,16-17H,1-3H3,(H,22,25)(H,23,24). The number of benzene rings is 4. The Hall–Kier alpha value is -4.68. The summed E-state index contributed by atoms with van der Waals surface area (Å²) in [5.41, 5.74) is 1.92. The normalized spacial score (nSPS) is 13.4. The predicted octanol–water partition coefficient (Wildman–Crippen LogP) is 9.60. The smallest absolute Gasteiger partial charge is 0.408 e. The quantitative estimate of drug-likeness (QED) is 0.100. The van der Waals surface area contributed by atoms with Crippen LogP contribution in [0.15, 0.2) is 118 Å². The average Bonchev–Trinajstić information content (AvgIpc) is 3.07. The second-order valence-corrected chi connectivity index (χ2v) is 16.1. The van der Waals surface area contributed by atoms with E-state index in [9.17, 15) is 24.3 Å². The lowest BCUT2D eigenvalue weighted by atomic mass is 9.85. The number of nitrogens with one attached hydrogen (secondary N) is 2. The van der Waals surface area contributed by atoms with Crippen molar-refractivity contribution in [3.63, 3.8) is 0 Å². The number of halogens is 2. The zero-order chi connectivity index (χ0) is 40.1. The molecule has 0 bridgehead atoms. The molecule has 0 aliphatic rings. The van der Waals surface area contributed by atoms with Gasteiger partial charge in [-0.25, -0.2) is 19.2 Å². The monoisotopic (exact) mass is 866 g/mol. The van der Waals surface area contributed by atoms with Crippen LogP contribution in [0.3, 0.4) is 0 Å². The number of esters is 1. The molecule has 0 heterocycles. The van der Waals surface area contributed by atoms with Crippen molar-refractivity contribution in [3.8, 4) is 0 Å². The van der Waals surface area contributed by atoms with Crippen LogP contribution in [0.2, 0.25) is 0 Å². The molecule has 0 radical (unpaired) electrons. The zero-order valence-corrected chi connectivity index (χ0v) is 34.6. The van der Waals surface area contributed by atoms with Crippen molar-refractivity contribution < 1.29 is 38.5 Å². The van der Waals surface area contributed by atoms with Gasteiger partial charge in [0.25, 0.3) is 0 Å². The SMILES string of the molecule is CC(C)(C)OC(=O)NC(C(=O)O)C(c1ccccc1)c1cccc(Br)c1.CCOC(=O)C(NC(=O)OC(C)(C)C)C(c1ccccc1)c1cccc(Br)c1. The first-order valence-electron chi connectivity index (χ1n) is 17.4. The summed E-state index contributed by atoms with van der Waals surface area (Å²) in [5.74, 6) is -2.66. The van der Waals surface area contributed by atoms with E-state index in [2.05, 4.69) is 42.5 Å². The van der Waals surface area contributed by atoms with E-state index >= 15 is 0 Å². The first kappa shape index (κ1) is 43.7. The largest absolute Gasteiger partial charge is 0.480 e. The maximum Gasteiger partial charge on any atom is 0.408 e. The van der Waals surface area contributed by atoms with Gasteiger partial charge in [-0.2, -0.15) is 0 Å². The molecule has 2 amide bonds. The molecule has 288 valence electrons. The molecular weight excluding hydrogens is 820 g/mol. The number of hydrogen-bond acceptors (Lipinski definition) is 7. The molecule has 0 aliphatic heterocycles. The van der Waals surface area contributed by atoms with Crippen molar-refractivity contribution in [3.05, 3.63) is 140 Å². The molecule has 54 heavy (non-hydrogen) atoms. The first-order chi connectivity index (χ1) is 25.4. The van der Waals surface area contributed by atoms with Gasteiger partial charge in [0.15, 0.2) is 0 Å². The van der Waals surface area contributed by atoms with Gasteiger partial charge in [0.1, 0.15) is 23.3 Å². The minimum absolute atomic E-state index is 0.214. The van der Waals surface area contributed by atoms with Crippen molar-refractivity contribution in [2.45, 2.75) is 83.6 Å². The van der Waals surface area contributed by atoms with Gasteiger partial charge in [-0.3, -0.25) is 0 Å². The highest BCUT2D eigenvalue weighted by Crippen LogP contribution is 2.32. The molecule has 0 aromatic heterocycles. The molecule has 0 saturated heterocycles. The number of carbonyl (C=O) groups is 4. The Bertz CT molecular complexity index is 1840. The van der Waals surface area contributed by atoms with E-state index in [1.54, 1.807) is 48.5 Å². The summed E-state index contributed by atoms with van der Waals surface area (Å²) in [5, 5.41) is 15.0. The minimum Gasteiger partial charge on any atom is -0.480 e. The highest BCUT2D eigenvalue weighted by Gasteiger charge is 2.36. The fourth-order valence-electron chi connectivity index (χ4n) is 5.54. The lowest BCUT2D eigenvalue weighted by Crippen LogP contribution is -2.48. The Labute approximate surface area is 334 Å². The van der Waals surface area contributed by atoms with Crippen molar-refractivity contribution in [2.75, 3.05) is 6.61 Å². The highest BCUT2D eigenvalue weighted by molar-refractivity contribution is 9.10. The molecule has 10 nitrogen and oxygen atoms in total. The summed E-state index contributed by atoms with van der Waals surface area (Å²) in [6, 6.07) is 31.7. The maximum absolute atomic E-state index is 12.8. The Morgan fingerprint density at radius 3 is 1.31 bits per heavy atom. The van der Waals surface area contributed by atoms with Gasteiger partial charge in [-0.1, -0.05) is 117 Å². The lowest BCUT2D eigenvalue weighted by molar-refractivity contribution is -0.146. The topological polar surface area (TPSA) is 140 Å². The Balaban J connectivity index is 0.000000291. The third-order valence-corrected chi connectivity index (χ3v) is 8.54. The zero-order valence-electron chi connectivity index (χ0n) is 31.5. The van der Waals surface area contributed by atoms with Crippen LogP contribution >= 0.6 is 31.9 Å². The number of rotatable bonds is 11. The Morgan fingerprint density at radius 2 is 0.963 bits per heavy atom. The predicted molar refractivity (Wildman–Crippen MR) is 215 cm³/mol. The fourth-order valence-corrected chi connectivity index (χ4v) is 6.38. The van der Waals surface area contributed by atoms with Crippen LogP contribution in [-0.4, -0.2) is 59.1 Å². The second-order valence-electron chi connectivity index (χ2n) is 14.2. The molecule has 4 rings (SSSR count). The number of hydrogen-bond donors (Lipinski definition) is 3.